The molecule has 0 radical (unpaired) electrons. The standard InChI is InChI=1S/C22H26Cl2N2O3/c1-28-21-12-16(14-25-9-3-11-26-10-2-4-22(26)27)5-8-20(21)29-15-17-6-7-18(23)13-19(17)24/h5-8,12-13,25H,2-4,9-11,14-15H2,1H3. The lowest BCUT2D eigenvalue weighted by Crippen LogP contribution is -2.28. The molecule has 0 bridgehead atoms. The molecule has 5 nitrogen and oxygen atoms in total. The molecule has 1 aliphatic heterocycles. The fraction of sp³-hybridized carbons (Fsp3) is 0.409. The molecule has 1 amide bonds. The van der Waals surface area contributed by atoms with Gasteiger partial charge in [0.2, 0.25) is 5.91 Å². The Labute approximate surface area is 181 Å². The number of methoxy groups -OCH3 is 1. The van der Waals surface area contributed by atoms with Crippen molar-refractivity contribution in [1.82, 2.24) is 10.2 Å². The van der Waals surface area contributed by atoms with Crippen molar-refractivity contribution >= 4 is 29.1 Å². The Morgan fingerprint density at radius 1 is 1.14 bits per heavy atom. The van der Waals surface area contributed by atoms with Crippen LogP contribution in [-0.2, 0) is 17.9 Å². The van der Waals surface area contributed by atoms with E-state index in [-0.39, 0.29) is 5.91 Å². The molecule has 0 atom stereocenters. The van der Waals surface area contributed by atoms with E-state index in [9.17, 15) is 4.79 Å². The lowest BCUT2D eigenvalue weighted by Gasteiger charge is -2.16. The molecule has 1 N–H and O–H groups in total. The van der Waals surface area contributed by atoms with Gasteiger partial charge in [-0.25, -0.2) is 0 Å². The highest BCUT2D eigenvalue weighted by atomic mass is 35.5. The Morgan fingerprint density at radius 3 is 2.72 bits per heavy atom. The van der Waals surface area contributed by atoms with E-state index < -0.39 is 0 Å². The predicted octanol–water partition coefficient (Wildman–Crippen LogP) is 4.68. The van der Waals surface area contributed by atoms with E-state index >= 15 is 0 Å². The van der Waals surface area contributed by atoms with Gasteiger partial charge in [0.15, 0.2) is 11.5 Å². The monoisotopic (exact) mass is 436 g/mol. The molecule has 0 spiro atoms. The highest BCUT2D eigenvalue weighted by Crippen LogP contribution is 2.30. The summed E-state index contributed by atoms with van der Waals surface area (Å²) in [5, 5.41) is 4.59. The number of nitrogens with zero attached hydrogens (tertiary/aromatic N) is 1. The van der Waals surface area contributed by atoms with Gasteiger partial charge in [-0.05, 0) is 49.2 Å². The number of carbonyl (C=O) groups excluding carboxylic acids is 1. The van der Waals surface area contributed by atoms with Crippen molar-refractivity contribution < 1.29 is 14.3 Å². The zero-order valence-electron chi connectivity index (χ0n) is 16.5. The molecule has 1 aliphatic rings. The molecule has 1 fully saturated rings. The number of carbonyl (C=O) groups is 1. The molecule has 0 saturated carbocycles. The van der Waals surface area contributed by atoms with Gasteiger partial charge in [-0.2, -0.15) is 0 Å². The molecule has 2 aromatic carbocycles. The van der Waals surface area contributed by atoms with E-state index in [1.165, 1.54) is 0 Å². The Balaban J connectivity index is 1.47. The van der Waals surface area contributed by atoms with Gasteiger partial charge in [0.1, 0.15) is 6.61 Å². The third kappa shape index (κ3) is 6.26. The second-order valence-electron chi connectivity index (χ2n) is 7.02. The highest BCUT2D eigenvalue weighted by Gasteiger charge is 2.18. The first kappa shape index (κ1) is 21.8. The van der Waals surface area contributed by atoms with Crippen molar-refractivity contribution in [1.29, 1.82) is 0 Å². The minimum absolute atomic E-state index is 0.283. The van der Waals surface area contributed by atoms with Crippen molar-refractivity contribution in [3.63, 3.8) is 0 Å². The number of amides is 1. The second kappa shape index (κ2) is 10.7. The SMILES string of the molecule is COc1cc(CNCCCN2CCCC2=O)ccc1OCc1ccc(Cl)cc1Cl. The summed E-state index contributed by atoms with van der Waals surface area (Å²) in [7, 11) is 1.63. The minimum atomic E-state index is 0.283. The van der Waals surface area contributed by atoms with Crippen LogP contribution in [0.25, 0.3) is 0 Å². The summed E-state index contributed by atoms with van der Waals surface area (Å²) in [5.41, 5.74) is 1.97. The number of benzene rings is 2. The van der Waals surface area contributed by atoms with E-state index in [1.54, 1.807) is 19.2 Å². The Bertz CT molecular complexity index is 845. The average Bonchev–Trinajstić information content (AvgIpc) is 3.12. The Kier molecular flexibility index (Phi) is 8.04. The number of hydrogen-bond donors (Lipinski definition) is 1. The van der Waals surface area contributed by atoms with E-state index in [4.69, 9.17) is 32.7 Å². The number of nitrogens with one attached hydrogen (secondary N) is 1. The summed E-state index contributed by atoms with van der Waals surface area (Å²) < 4.78 is 11.4. The molecule has 7 heteroatoms. The van der Waals surface area contributed by atoms with Crippen molar-refractivity contribution in [2.75, 3.05) is 26.7 Å². The maximum atomic E-state index is 11.6. The molecule has 1 saturated heterocycles. The van der Waals surface area contributed by atoms with E-state index in [0.717, 1.165) is 50.1 Å². The molecule has 156 valence electrons. The number of halogens is 2. The second-order valence-corrected chi connectivity index (χ2v) is 7.87. The maximum Gasteiger partial charge on any atom is 0.222 e. The quantitative estimate of drug-likeness (QED) is 0.549. The van der Waals surface area contributed by atoms with Gasteiger partial charge in [-0.15, -0.1) is 0 Å². The highest BCUT2D eigenvalue weighted by molar-refractivity contribution is 6.35. The molecule has 3 rings (SSSR count). The first-order valence-corrected chi connectivity index (χ1v) is 10.5. The topological polar surface area (TPSA) is 50.8 Å². The molecule has 1 heterocycles. The molecule has 0 aromatic heterocycles. The van der Waals surface area contributed by atoms with Crippen LogP contribution in [0.3, 0.4) is 0 Å². The third-order valence-corrected chi connectivity index (χ3v) is 5.50. The molecule has 0 unspecified atom stereocenters. The first-order chi connectivity index (χ1) is 14.1. The summed E-state index contributed by atoms with van der Waals surface area (Å²) in [6.07, 6.45) is 2.64. The van der Waals surface area contributed by atoms with Crippen molar-refractivity contribution in [3.8, 4) is 11.5 Å². The maximum absolute atomic E-state index is 11.6. The van der Waals surface area contributed by atoms with Crippen molar-refractivity contribution in [2.45, 2.75) is 32.4 Å². The summed E-state index contributed by atoms with van der Waals surface area (Å²) in [6, 6.07) is 11.2. The predicted molar refractivity (Wildman–Crippen MR) is 116 cm³/mol. The number of likely N-dealkylation sites (tertiary alicyclic amines) is 1. The van der Waals surface area contributed by atoms with Crippen LogP contribution < -0.4 is 14.8 Å². The van der Waals surface area contributed by atoms with Crippen LogP contribution in [0, 0.1) is 0 Å². The van der Waals surface area contributed by atoms with E-state index in [0.29, 0.717) is 34.6 Å². The molecule has 0 aliphatic carbocycles. The van der Waals surface area contributed by atoms with Crippen molar-refractivity contribution in [2.24, 2.45) is 0 Å². The van der Waals surface area contributed by atoms with Gasteiger partial charge in [0, 0.05) is 41.7 Å². The number of ether oxygens (including phenoxy) is 2. The van der Waals surface area contributed by atoms with Gasteiger partial charge in [-0.1, -0.05) is 35.3 Å². The number of hydrogen-bond acceptors (Lipinski definition) is 4. The zero-order valence-corrected chi connectivity index (χ0v) is 18.1. The zero-order chi connectivity index (χ0) is 20.6. The fourth-order valence-corrected chi connectivity index (χ4v) is 3.77. The van der Waals surface area contributed by atoms with Gasteiger partial charge >= 0.3 is 0 Å². The van der Waals surface area contributed by atoms with Crippen LogP contribution >= 0.6 is 23.2 Å². The van der Waals surface area contributed by atoms with Crippen LogP contribution in [-0.4, -0.2) is 37.6 Å². The van der Waals surface area contributed by atoms with Gasteiger partial charge in [0.05, 0.1) is 7.11 Å². The molecule has 29 heavy (non-hydrogen) atoms. The fourth-order valence-electron chi connectivity index (χ4n) is 3.30. The van der Waals surface area contributed by atoms with Crippen LogP contribution in [0.4, 0.5) is 0 Å². The largest absolute Gasteiger partial charge is 0.493 e. The summed E-state index contributed by atoms with van der Waals surface area (Å²) >= 11 is 12.1. The first-order valence-electron chi connectivity index (χ1n) is 9.79. The van der Waals surface area contributed by atoms with Crippen LogP contribution in [0.15, 0.2) is 36.4 Å². The van der Waals surface area contributed by atoms with Gasteiger partial charge in [-0.3, -0.25) is 4.79 Å². The van der Waals surface area contributed by atoms with Gasteiger partial charge < -0.3 is 19.7 Å². The normalized spacial score (nSPS) is 13.8. The summed E-state index contributed by atoms with van der Waals surface area (Å²) in [5.74, 6) is 1.62. The lowest BCUT2D eigenvalue weighted by atomic mass is 10.2. The Morgan fingerprint density at radius 2 is 2.00 bits per heavy atom. The smallest absolute Gasteiger partial charge is 0.222 e. The molecule has 2 aromatic rings. The van der Waals surface area contributed by atoms with E-state index in [2.05, 4.69) is 5.32 Å². The summed E-state index contributed by atoms with van der Waals surface area (Å²) in [6.45, 7) is 3.65. The average molecular weight is 437 g/mol. The lowest BCUT2D eigenvalue weighted by molar-refractivity contribution is -0.127. The van der Waals surface area contributed by atoms with Crippen LogP contribution in [0.5, 0.6) is 11.5 Å². The Hall–Kier alpha value is -1.95. The van der Waals surface area contributed by atoms with Crippen LogP contribution in [0.1, 0.15) is 30.4 Å². The molecular formula is C22H26Cl2N2O3. The summed E-state index contributed by atoms with van der Waals surface area (Å²) in [4.78, 5) is 13.6. The minimum Gasteiger partial charge on any atom is -0.493 e. The number of rotatable bonds is 10. The van der Waals surface area contributed by atoms with Crippen LogP contribution in [0.2, 0.25) is 10.0 Å². The molecular weight excluding hydrogens is 411 g/mol. The van der Waals surface area contributed by atoms with E-state index in [1.807, 2.05) is 29.2 Å². The van der Waals surface area contributed by atoms with Gasteiger partial charge in [0.25, 0.3) is 0 Å². The van der Waals surface area contributed by atoms with Crippen molar-refractivity contribution in [3.05, 3.63) is 57.6 Å². The third-order valence-electron chi connectivity index (χ3n) is 4.91.